The van der Waals surface area contributed by atoms with Gasteiger partial charge in [-0.3, -0.25) is 4.79 Å². The average Bonchev–Trinajstić information content (AvgIpc) is 2.88. The van der Waals surface area contributed by atoms with E-state index in [1.165, 1.54) is 5.69 Å². The summed E-state index contributed by atoms with van der Waals surface area (Å²) in [6, 6.07) is 6.28. The molecule has 0 aliphatic carbocycles. The maximum absolute atomic E-state index is 12.0. The zero-order valence-corrected chi connectivity index (χ0v) is 12.9. The molecule has 0 N–H and O–H groups in total. The minimum absolute atomic E-state index is 0.0794. The molecule has 1 amide bonds. The topological polar surface area (TPSA) is 41.4 Å². The lowest BCUT2D eigenvalue weighted by Gasteiger charge is -2.37. The summed E-state index contributed by atoms with van der Waals surface area (Å²) in [6.07, 6.45) is 1.85. The predicted octanol–water partition coefficient (Wildman–Crippen LogP) is 1.88. The van der Waals surface area contributed by atoms with Gasteiger partial charge in [-0.15, -0.1) is 0 Å². The number of anilines is 1. The van der Waals surface area contributed by atoms with Gasteiger partial charge in [-0.25, -0.2) is 4.98 Å². The van der Waals surface area contributed by atoms with Crippen molar-refractivity contribution in [2.45, 2.75) is 13.8 Å². The highest BCUT2D eigenvalue weighted by molar-refractivity contribution is 5.89. The van der Waals surface area contributed by atoms with Gasteiger partial charge in [0.15, 0.2) is 0 Å². The number of hydrogen-bond acceptors (Lipinski definition) is 3. The first-order valence-electron chi connectivity index (χ1n) is 7.51. The maximum atomic E-state index is 12.0. The number of carbonyl (C=O) groups is 1. The molecule has 2 aromatic rings. The Morgan fingerprint density at radius 3 is 2.57 bits per heavy atom. The van der Waals surface area contributed by atoms with Crippen molar-refractivity contribution in [1.82, 2.24) is 14.5 Å². The lowest BCUT2D eigenvalue weighted by atomic mass is 10.1. The highest BCUT2D eigenvalue weighted by Gasteiger charge is 2.24. The van der Waals surface area contributed by atoms with Gasteiger partial charge in [-0.2, -0.15) is 0 Å². The quantitative estimate of drug-likeness (QED) is 0.846. The van der Waals surface area contributed by atoms with Crippen LogP contribution in [0.2, 0.25) is 0 Å². The number of hydrogen-bond donors (Lipinski definition) is 0. The van der Waals surface area contributed by atoms with Gasteiger partial charge in [-0.1, -0.05) is 19.9 Å². The van der Waals surface area contributed by atoms with Crippen LogP contribution in [0.3, 0.4) is 0 Å². The molecule has 0 saturated carbocycles. The van der Waals surface area contributed by atoms with Crippen molar-refractivity contribution in [3.63, 3.8) is 0 Å². The Morgan fingerprint density at radius 2 is 1.90 bits per heavy atom. The Morgan fingerprint density at radius 1 is 1.19 bits per heavy atom. The van der Waals surface area contributed by atoms with E-state index in [0.717, 1.165) is 37.2 Å². The number of aromatic nitrogens is 2. The molecule has 2 heterocycles. The summed E-state index contributed by atoms with van der Waals surface area (Å²) >= 11 is 0. The molecular weight excluding hydrogens is 264 g/mol. The summed E-state index contributed by atoms with van der Waals surface area (Å²) in [5, 5.41) is 0. The summed E-state index contributed by atoms with van der Waals surface area (Å²) in [5.41, 5.74) is 3.36. The summed E-state index contributed by atoms with van der Waals surface area (Å²) in [5.74, 6) is 0.335. The van der Waals surface area contributed by atoms with Gasteiger partial charge in [0.05, 0.1) is 17.5 Å². The number of benzene rings is 1. The fraction of sp³-hybridized carbons (Fsp3) is 0.500. The molecule has 1 aliphatic rings. The minimum atomic E-state index is 0.0794. The van der Waals surface area contributed by atoms with Crippen LogP contribution in [0.5, 0.6) is 0 Å². The fourth-order valence-corrected chi connectivity index (χ4v) is 2.93. The molecule has 1 fully saturated rings. The molecule has 0 radical (unpaired) electrons. The van der Waals surface area contributed by atoms with Crippen LogP contribution in [-0.4, -0.2) is 46.5 Å². The van der Waals surface area contributed by atoms with Crippen LogP contribution < -0.4 is 4.90 Å². The summed E-state index contributed by atoms with van der Waals surface area (Å²) in [6.45, 7) is 7.25. The number of aryl methyl sites for hydroxylation is 1. The minimum Gasteiger partial charge on any atom is -0.366 e. The summed E-state index contributed by atoms with van der Waals surface area (Å²) < 4.78 is 2.04. The molecule has 1 aromatic carbocycles. The van der Waals surface area contributed by atoms with Gasteiger partial charge in [0, 0.05) is 39.1 Å². The third-order valence-electron chi connectivity index (χ3n) is 4.16. The molecule has 5 nitrogen and oxygen atoms in total. The zero-order chi connectivity index (χ0) is 15.0. The van der Waals surface area contributed by atoms with Crippen molar-refractivity contribution in [3.05, 3.63) is 24.5 Å². The second-order valence-corrected chi connectivity index (χ2v) is 5.97. The van der Waals surface area contributed by atoms with Gasteiger partial charge in [0.2, 0.25) is 5.91 Å². The SMILES string of the molecule is CC(C)C(=O)N1CCN(c2cccc3c2ncn3C)CC1. The Bertz CT molecular complexity index is 653. The molecule has 112 valence electrons. The van der Waals surface area contributed by atoms with Gasteiger partial charge in [-0.05, 0) is 12.1 Å². The number of amides is 1. The molecule has 1 saturated heterocycles. The molecule has 0 atom stereocenters. The molecule has 0 unspecified atom stereocenters. The van der Waals surface area contributed by atoms with E-state index in [0.29, 0.717) is 0 Å². The summed E-state index contributed by atoms with van der Waals surface area (Å²) in [4.78, 5) is 20.9. The van der Waals surface area contributed by atoms with Crippen molar-refractivity contribution >= 4 is 22.6 Å². The highest BCUT2D eigenvalue weighted by Crippen LogP contribution is 2.26. The molecule has 1 aromatic heterocycles. The van der Waals surface area contributed by atoms with E-state index >= 15 is 0 Å². The van der Waals surface area contributed by atoms with Crippen LogP contribution in [0.1, 0.15) is 13.8 Å². The lowest BCUT2D eigenvalue weighted by Crippen LogP contribution is -2.50. The lowest BCUT2D eigenvalue weighted by molar-refractivity contribution is -0.134. The third-order valence-corrected chi connectivity index (χ3v) is 4.16. The molecule has 1 aliphatic heterocycles. The molecule has 0 spiro atoms. The summed E-state index contributed by atoms with van der Waals surface area (Å²) in [7, 11) is 2.01. The smallest absolute Gasteiger partial charge is 0.225 e. The number of piperazine rings is 1. The van der Waals surface area contributed by atoms with Crippen LogP contribution in [0, 0.1) is 5.92 Å². The van der Waals surface area contributed by atoms with E-state index in [4.69, 9.17) is 0 Å². The second kappa shape index (κ2) is 5.39. The van der Waals surface area contributed by atoms with E-state index in [-0.39, 0.29) is 11.8 Å². The average molecular weight is 286 g/mol. The number of fused-ring (bicyclic) bond motifs is 1. The highest BCUT2D eigenvalue weighted by atomic mass is 16.2. The standard InChI is InChI=1S/C16H22N4O/c1-12(2)16(21)20-9-7-19(8-10-20)14-6-4-5-13-15(14)17-11-18(13)3/h4-6,11-12H,7-10H2,1-3H3. The molecule has 21 heavy (non-hydrogen) atoms. The van der Waals surface area contributed by atoms with E-state index in [1.54, 1.807) is 0 Å². The monoisotopic (exact) mass is 286 g/mol. The normalized spacial score (nSPS) is 16.0. The van der Waals surface area contributed by atoms with Crippen molar-refractivity contribution in [2.24, 2.45) is 13.0 Å². The van der Waals surface area contributed by atoms with Crippen molar-refractivity contribution in [1.29, 1.82) is 0 Å². The third kappa shape index (κ3) is 2.48. The first-order chi connectivity index (χ1) is 10.1. The largest absolute Gasteiger partial charge is 0.366 e. The Kier molecular flexibility index (Phi) is 3.57. The Labute approximate surface area is 125 Å². The zero-order valence-electron chi connectivity index (χ0n) is 12.9. The number of rotatable bonds is 2. The van der Waals surface area contributed by atoms with E-state index < -0.39 is 0 Å². The molecular formula is C16H22N4O. The fourth-order valence-electron chi connectivity index (χ4n) is 2.93. The number of carbonyl (C=O) groups excluding carboxylic acids is 1. The van der Waals surface area contributed by atoms with E-state index in [1.807, 2.05) is 36.7 Å². The van der Waals surface area contributed by atoms with Gasteiger partial charge >= 0.3 is 0 Å². The van der Waals surface area contributed by atoms with Crippen LogP contribution in [-0.2, 0) is 11.8 Å². The second-order valence-electron chi connectivity index (χ2n) is 5.97. The first kappa shape index (κ1) is 13.9. The van der Waals surface area contributed by atoms with Gasteiger partial charge in [0.25, 0.3) is 0 Å². The first-order valence-corrected chi connectivity index (χ1v) is 7.51. The van der Waals surface area contributed by atoms with Crippen molar-refractivity contribution in [2.75, 3.05) is 31.1 Å². The Hall–Kier alpha value is -2.04. The van der Waals surface area contributed by atoms with Crippen LogP contribution in [0.25, 0.3) is 11.0 Å². The molecule has 0 bridgehead atoms. The van der Waals surface area contributed by atoms with Crippen molar-refractivity contribution < 1.29 is 4.79 Å². The Balaban J connectivity index is 1.79. The van der Waals surface area contributed by atoms with E-state index in [2.05, 4.69) is 28.1 Å². The number of imidazole rings is 1. The van der Waals surface area contributed by atoms with Crippen LogP contribution >= 0.6 is 0 Å². The number of nitrogens with zero attached hydrogens (tertiary/aromatic N) is 4. The molecule has 5 heteroatoms. The molecule has 3 rings (SSSR count). The maximum Gasteiger partial charge on any atom is 0.225 e. The predicted molar refractivity (Wildman–Crippen MR) is 84.3 cm³/mol. The van der Waals surface area contributed by atoms with Gasteiger partial charge < -0.3 is 14.4 Å². The van der Waals surface area contributed by atoms with Crippen molar-refractivity contribution in [3.8, 4) is 0 Å². The van der Waals surface area contributed by atoms with Gasteiger partial charge in [0.1, 0.15) is 5.52 Å². The van der Waals surface area contributed by atoms with Crippen LogP contribution in [0.4, 0.5) is 5.69 Å². The van der Waals surface area contributed by atoms with E-state index in [9.17, 15) is 4.79 Å². The van der Waals surface area contributed by atoms with Crippen LogP contribution in [0.15, 0.2) is 24.5 Å². The number of para-hydroxylation sites is 1.